The number of aliphatic hydroxyl groups excluding tert-OH is 1. The topological polar surface area (TPSA) is 89.9 Å². The highest BCUT2D eigenvalue weighted by Gasteiger charge is 2.19. The van der Waals surface area contributed by atoms with Crippen LogP contribution in [0.25, 0.3) is 0 Å². The van der Waals surface area contributed by atoms with Gasteiger partial charge in [0.15, 0.2) is 0 Å². The molecular weight excluding hydrogens is 260 g/mol. The molecule has 2 amide bonds. The Morgan fingerprint density at radius 2 is 1.90 bits per heavy atom. The summed E-state index contributed by atoms with van der Waals surface area (Å²) in [5, 5.41) is 20.6. The van der Waals surface area contributed by atoms with Crippen molar-refractivity contribution in [2.75, 3.05) is 20.1 Å². The molecule has 0 spiro atoms. The van der Waals surface area contributed by atoms with Crippen LogP contribution >= 0.6 is 0 Å². The molecule has 3 N–H and O–H groups in total. The quantitative estimate of drug-likeness (QED) is 0.602. The Hall–Kier alpha value is -1.30. The molecule has 0 heterocycles. The zero-order chi connectivity index (χ0) is 15.8. The van der Waals surface area contributed by atoms with E-state index in [0.29, 0.717) is 25.9 Å². The third-order valence-electron chi connectivity index (χ3n) is 3.32. The van der Waals surface area contributed by atoms with Crippen LogP contribution in [0.1, 0.15) is 46.5 Å². The lowest BCUT2D eigenvalue weighted by molar-refractivity contribution is -0.137. The molecule has 6 nitrogen and oxygen atoms in total. The lowest BCUT2D eigenvalue weighted by Gasteiger charge is -2.25. The fraction of sp³-hybridized carbons (Fsp3) is 0.857. The van der Waals surface area contributed by atoms with Crippen molar-refractivity contribution in [1.29, 1.82) is 0 Å². The first-order valence-corrected chi connectivity index (χ1v) is 7.03. The fourth-order valence-corrected chi connectivity index (χ4v) is 1.70. The Balaban J connectivity index is 3.91. The van der Waals surface area contributed by atoms with E-state index in [0.717, 1.165) is 6.42 Å². The molecule has 0 bridgehead atoms. The Morgan fingerprint density at radius 1 is 1.30 bits per heavy atom. The number of nitrogens with one attached hydrogen (secondary N) is 1. The van der Waals surface area contributed by atoms with Gasteiger partial charge < -0.3 is 20.4 Å². The minimum Gasteiger partial charge on any atom is -0.481 e. The summed E-state index contributed by atoms with van der Waals surface area (Å²) in [6.07, 6.45) is 1.61. The molecule has 118 valence electrons. The lowest BCUT2D eigenvalue weighted by Crippen LogP contribution is -2.39. The molecule has 1 atom stereocenters. The molecule has 0 aromatic rings. The number of hydrogen-bond acceptors (Lipinski definition) is 3. The fourth-order valence-electron chi connectivity index (χ4n) is 1.70. The van der Waals surface area contributed by atoms with Crippen molar-refractivity contribution in [3.05, 3.63) is 0 Å². The molecule has 20 heavy (non-hydrogen) atoms. The summed E-state index contributed by atoms with van der Waals surface area (Å²) in [5.74, 6) is -0.792. The van der Waals surface area contributed by atoms with Crippen LogP contribution in [0.15, 0.2) is 0 Å². The molecule has 1 unspecified atom stereocenters. The molecule has 0 aromatic heterocycles. The zero-order valence-electron chi connectivity index (χ0n) is 13.0. The number of nitrogens with zero attached hydrogens (tertiary/aromatic N) is 1. The van der Waals surface area contributed by atoms with Gasteiger partial charge in [0.2, 0.25) is 0 Å². The first kappa shape index (κ1) is 18.7. The van der Waals surface area contributed by atoms with E-state index >= 15 is 0 Å². The second-order valence-electron chi connectivity index (χ2n) is 6.10. The van der Waals surface area contributed by atoms with Crippen LogP contribution in [-0.2, 0) is 4.79 Å². The van der Waals surface area contributed by atoms with Crippen LogP contribution in [0.4, 0.5) is 4.79 Å². The number of aliphatic carboxylic acids is 1. The van der Waals surface area contributed by atoms with Gasteiger partial charge in [-0.15, -0.1) is 0 Å². The monoisotopic (exact) mass is 288 g/mol. The summed E-state index contributed by atoms with van der Waals surface area (Å²) in [6, 6.07) is -0.167. The third-order valence-corrected chi connectivity index (χ3v) is 3.32. The highest BCUT2D eigenvalue weighted by Crippen LogP contribution is 2.25. The van der Waals surface area contributed by atoms with Crippen LogP contribution < -0.4 is 5.32 Å². The predicted molar refractivity (Wildman–Crippen MR) is 77.6 cm³/mol. The van der Waals surface area contributed by atoms with Gasteiger partial charge in [0.1, 0.15) is 0 Å². The highest BCUT2D eigenvalue weighted by molar-refractivity contribution is 5.73. The predicted octanol–water partition coefficient (Wildman–Crippen LogP) is 1.68. The number of rotatable bonds is 9. The molecule has 0 rings (SSSR count). The molecule has 0 aliphatic heterocycles. The van der Waals surface area contributed by atoms with Gasteiger partial charge in [-0.05, 0) is 31.6 Å². The van der Waals surface area contributed by atoms with Crippen LogP contribution in [-0.4, -0.2) is 53.4 Å². The number of amides is 2. The van der Waals surface area contributed by atoms with Crippen LogP contribution in [0.3, 0.4) is 0 Å². The van der Waals surface area contributed by atoms with Crippen LogP contribution in [0, 0.1) is 5.41 Å². The molecule has 0 saturated heterocycles. The van der Waals surface area contributed by atoms with E-state index in [1.807, 2.05) is 13.8 Å². The average molecular weight is 288 g/mol. The van der Waals surface area contributed by atoms with E-state index in [-0.39, 0.29) is 17.9 Å². The molecule has 0 radical (unpaired) electrons. The van der Waals surface area contributed by atoms with Crippen molar-refractivity contribution in [2.24, 2.45) is 5.41 Å². The second-order valence-corrected chi connectivity index (χ2v) is 6.10. The van der Waals surface area contributed by atoms with Crippen molar-refractivity contribution in [2.45, 2.75) is 52.6 Å². The number of carbonyl (C=O) groups is 2. The molecule has 0 aliphatic carbocycles. The standard InChI is InChI=1S/C14H28N2O4/c1-11(17)6-10-16(4)13(20)15-9-8-14(2,3)7-5-12(18)19/h11,17H,5-10H2,1-4H3,(H,15,20)(H,18,19). The summed E-state index contributed by atoms with van der Waals surface area (Å²) >= 11 is 0. The van der Waals surface area contributed by atoms with Crippen molar-refractivity contribution in [3.63, 3.8) is 0 Å². The van der Waals surface area contributed by atoms with E-state index in [4.69, 9.17) is 10.2 Å². The molecular formula is C14H28N2O4. The Morgan fingerprint density at radius 3 is 2.40 bits per heavy atom. The van der Waals surface area contributed by atoms with Gasteiger partial charge in [0, 0.05) is 26.6 Å². The summed E-state index contributed by atoms with van der Waals surface area (Å²) in [4.78, 5) is 23.8. The summed E-state index contributed by atoms with van der Waals surface area (Å²) in [7, 11) is 1.69. The SMILES string of the molecule is CC(O)CCN(C)C(=O)NCCC(C)(C)CCC(=O)O. The third kappa shape index (κ3) is 9.61. The van der Waals surface area contributed by atoms with Crippen LogP contribution in [0.5, 0.6) is 0 Å². The van der Waals surface area contributed by atoms with Gasteiger partial charge in [0.25, 0.3) is 0 Å². The molecule has 0 aliphatic rings. The molecule has 0 saturated carbocycles. The van der Waals surface area contributed by atoms with Gasteiger partial charge >= 0.3 is 12.0 Å². The van der Waals surface area contributed by atoms with Gasteiger partial charge in [0.05, 0.1) is 6.10 Å². The molecule has 6 heteroatoms. The summed E-state index contributed by atoms with van der Waals surface area (Å²) in [6.45, 7) is 6.71. The number of carboxylic acids is 1. The van der Waals surface area contributed by atoms with Gasteiger partial charge in [-0.3, -0.25) is 4.79 Å². The maximum atomic E-state index is 11.7. The summed E-state index contributed by atoms with van der Waals surface area (Å²) < 4.78 is 0. The lowest BCUT2D eigenvalue weighted by atomic mass is 9.84. The number of hydrogen-bond donors (Lipinski definition) is 3. The average Bonchev–Trinajstić information content (AvgIpc) is 2.33. The highest BCUT2D eigenvalue weighted by atomic mass is 16.4. The minimum atomic E-state index is -0.792. The van der Waals surface area contributed by atoms with E-state index in [2.05, 4.69) is 5.32 Å². The van der Waals surface area contributed by atoms with E-state index in [1.165, 1.54) is 4.90 Å². The van der Waals surface area contributed by atoms with Gasteiger partial charge in [-0.1, -0.05) is 13.8 Å². The first-order chi connectivity index (χ1) is 9.14. The van der Waals surface area contributed by atoms with E-state index in [1.54, 1.807) is 14.0 Å². The van der Waals surface area contributed by atoms with Crippen LogP contribution in [0.2, 0.25) is 0 Å². The molecule has 0 aromatic carbocycles. The second kappa shape index (κ2) is 8.79. The largest absolute Gasteiger partial charge is 0.481 e. The Labute approximate surface area is 121 Å². The van der Waals surface area contributed by atoms with Crippen molar-refractivity contribution >= 4 is 12.0 Å². The van der Waals surface area contributed by atoms with E-state index < -0.39 is 12.1 Å². The number of urea groups is 1. The summed E-state index contributed by atoms with van der Waals surface area (Å²) in [5.41, 5.74) is -0.107. The zero-order valence-corrected chi connectivity index (χ0v) is 13.0. The normalized spacial score (nSPS) is 12.8. The smallest absolute Gasteiger partial charge is 0.317 e. The van der Waals surface area contributed by atoms with E-state index in [9.17, 15) is 9.59 Å². The van der Waals surface area contributed by atoms with Gasteiger partial charge in [-0.25, -0.2) is 4.79 Å². The maximum absolute atomic E-state index is 11.7. The molecule has 0 fully saturated rings. The Kier molecular flexibility index (Phi) is 8.22. The maximum Gasteiger partial charge on any atom is 0.317 e. The first-order valence-electron chi connectivity index (χ1n) is 7.03. The number of carboxylic acid groups (broad SMARTS) is 1. The Bertz CT molecular complexity index is 316. The van der Waals surface area contributed by atoms with Gasteiger partial charge in [-0.2, -0.15) is 0 Å². The number of aliphatic hydroxyl groups is 1. The van der Waals surface area contributed by atoms with Crippen molar-refractivity contribution in [1.82, 2.24) is 10.2 Å². The van der Waals surface area contributed by atoms with Crippen molar-refractivity contribution in [3.8, 4) is 0 Å². The number of carbonyl (C=O) groups excluding carboxylic acids is 1. The van der Waals surface area contributed by atoms with Crippen molar-refractivity contribution < 1.29 is 19.8 Å². The minimum absolute atomic E-state index is 0.107.